The smallest absolute Gasteiger partial charge is 0.0745 e. The Morgan fingerprint density at radius 1 is 1.14 bits per heavy atom. The average Bonchev–Trinajstić information content (AvgIpc) is 2.45. The lowest BCUT2D eigenvalue weighted by Gasteiger charge is -2.03. The van der Waals surface area contributed by atoms with E-state index < -0.39 is 0 Å². The van der Waals surface area contributed by atoms with Gasteiger partial charge in [0.1, 0.15) is 0 Å². The van der Waals surface area contributed by atoms with E-state index in [9.17, 15) is 0 Å². The summed E-state index contributed by atoms with van der Waals surface area (Å²) in [5.74, 6) is 0. The standard InChI is InChI=1S/C7H16O2.C5H8.C4H10O3/c1-3-4-5-9-6-7(2)8;1-4-5(2)3;5-1-3-7-4-2-6/h7-8H,3-6H2,1-2H3;4H,1-2H2,3H3;5-6H,1-4H2. The molecule has 0 heterocycles. The molecule has 0 saturated heterocycles. The zero-order valence-electron chi connectivity index (χ0n) is 13.9. The second-order valence-corrected chi connectivity index (χ2v) is 4.39. The van der Waals surface area contributed by atoms with Gasteiger partial charge in [0.15, 0.2) is 0 Å². The van der Waals surface area contributed by atoms with Crippen LogP contribution in [0.2, 0.25) is 0 Å². The van der Waals surface area contributed by atoms with Crippen LogP contribution in [0.3, 0.4) is 0 Å². The average molecular weight is 306 g/mol. The number of unbranched alkanes of at least 4 members (excludes halogenated alkanes) is 1. The molecule has 0 radical (unpaired) electrons. The molecule has 0 aromatic rings. The Labute approximate surface area is 129 Å². The van der Waals surface area contributed by atoms with E-state index >= 15 is 0 Å². The molecule has 0 spiro atoms. The third kappa shape index (κ3) is 45.2. The Kier molecular flexibility index (Phi) is 29.2. The summed E-state index contributed by atoms with van der Waals surface area (Å²) in [7, 11) is 0. The predicted octanol–water partition coefficient (Wildman–Crippen LogP) is 1.92. The van der Waals surface area contributed by atoms with E-state index in [1.807, 2.05) is 6.92 Å². The van der Waals surface area contributed by atoms with E-state index in [1.165, 1.54) is 0 Å². The first-order chi connectivity index (χ1) is 9.95. The third-order valence-corrected chi connectivity index (χ3v) is 1.82. The van der Waals surface area contributed by atoms with E-state index in [0.717, 1.165) is 25.0 Å². The molecule has 0 saturated carbocycles. The first-order valence-corrected chi connectivity index (χ1v) is 7.29. The van der Waals surface area contributed by atoms with E-state index in [-0.39, 0.29) is 19.3 Å². The molecular weight excluding hydrogens is 272 g/mol. The second-order valence-electron chi connectivity index (χ2n) is 4.39. The maximum absolute atomic E-state index is 8.73. The zero-order chi connectivity index (χ0) is 16.9. The fourth-order valence-electron chi connectivity index (χ4n) is 0.731. The molecule has 0 aliphatic rings. The molecule has 0 aromatic heterocycles. The van der Waals surface area contributed by atoms with E-state index in [0.29, 0.717) is 19.8 Å². The number of rotatable bonds is 10. The van der Waals surface area contributed by atoms with E-state index in [2.05, 4.69) is 24.8 Å². The Morgan fingerprint density at radius 3 is 1.90 bits per heavy atom. The van der Waals surface area contributed by atoms with Gasteiger partial charge in [0, 0.05) is 6.61 Å². The molecule has 0 bridgehead atoms. The summed E-state index contributed by atoms with van der Waals surface area (Å²) in [6, 6.07) is 0. The molecule has 0 aliphatic heterocycles. The molecule has 3 N–H and O–H groups in total. The molecule has 0 fully saturated rings. The Bertz CT molecular complexity index is 201. The fraction of sp³-hybridized carbons (Fsp3) is 0.750. The number of ether oxygens (including phenoxy) is 2. The van der Waals surface area contributed by atoms with Crippen molar-refractivity contribution in [3.05, 3.63) is 24.8 Å². The minimum Gasteiger partial charge on any atom is -0.394 e. The van der Waals surface area contributed by atoms with Crippen molar-refractivity contribution >= 4 is 0 Å². The molecular formula is C16H34O5. The van der Waals surface area contributed by atoms with Crippen molar-refractivity contribution in [1.29, 1.82) is 0 Å². The summed E-state index contributed by atoms with van der Waals surface area (Å²) in [5, 5.41) is 24.9. The van der Waals surface area contributed by atoms with Gasteiger partial charge in [-0.1, -0.05) is 38.2 Å². The van der Waals surface area contributed by atoms with E-state index in [4.69, 9.17) is 20.1 Å². The first-order valence-electron chi connectivity index (χ1n) is 7.29. The minimum atomic E-state index is -0.318. The summed E-state index contributed by atoms with van der Waals surface area (Å²) in [4.78, 5) is 0. The van der Waals surface area contributed by atoms with Gasteiger partial charge in [-0.25, -0.2) is 0 Å². The molecule has 0 aromatic carbocycles. The second kappa shape index (κ2) is 24.3. The van der Waals surface area contributed by atoms with Crippen LogP contribution in [0.4, 0.5) is 0 Å². The molecule has 21 heavy (non-hydrogen) atoms. The van der Waals surface area contributed by atoms with Crippen molar-refractivity contribution in [3.63, 3.8) is 0 Å². The van der Waals surface area contributed by atoms with Crippen molar-refractivity contribution in [3.8, 4) is 0 Å². The summed E-state index contributed by atoms with van der Waals surface area (Å²) in [5.41, 5.74) is 1.02. The van der Waals surface area contributed by atoms with Crippen LogP contribution < -0.4 is 0 Å². The molecule has 128 valence electrons. The number of aliphatic hydroxyl groups is 3. The van der Waals surface area contributed by atoms with Crippen molar-refractivity contribution in [1.82, 2.24) is 0 Å². The van der Waals surface area contributed by atoms with Crippen LogP contribution in [0.25, 0.3) is 0 Å². The van der Waals surface area contributed by atoms with Gasteiger partial charge in [0.25, 0.3) is 0 Å². The van der Waals surface area contributed by atoms with E-state index in [1.54, 1.807) is 13.0 Å². The highest BCUT2D eigenvalue weighted by atomic mass is 16.5. The van der Waals surface area contributed by atoms with Gasteiger partial charge in [-0.15, -0.1) is 0 Å². The highest BCUT2D eigenvalue weighted by Gasteiger charge is 1.92. The van der Waals surface area contributed by atoms with Crippen molar-refractivity contribution < 1.29 is 24.8 Å². The lowest BCUT2D eigenvalue weighted by molar-refractivity contribution is 0.0450. The maximum atomic E-state index is 8.73. The summed E-state index contributed by atoms with van der Waals surface area (Å²) in [6.07, 6.45) is 3.65. The largest absolute Gasteiger partial charge is 0.394 e. The molecule has 5 nitrogen and oxygen atoms in total. The number of allylic oxidation sites excluding steroid dienone is 2. The number of hydrogen-bond acceptors (Lipinski definition) is 5. The van der Waals surface area contributed by atoms with Crippen LogP contribution in [-0.4, -0.2) is 61.1 Å². The van der Waals surface area contributed by atoms with Crippen molar-refractivity contribution in [2.24, 2.45) is 0 Å². The van der Waals surface area contributed by atoms with Gasteiger partial charge >= 0.3 is 0 Å². The zero-order valence-corrected chi connectivity index (χ0v) is 13.9. The van der Waals surface area contributed by atoms with Crippen LogP contribution in [0, 0.1) is 0 Å². The molecule has 5 heteroatoms. The van der Waals surface area contributed by atoms with Crippen molar-refractivity contribution in [2.75, 3.05) is 39.6 Å². The van der Waals surface area contributed by atoms with Crippen LogP contribution in [0.1, 0.15) is 33.6 Å². The monoisotopic (exact) mass is 306 g/mol. The summed E-state index contributed by atoms with van der Waals surface area (Å²) in [6.45, 7) is 14.7. The number of aliphatic hydroxyl groups excluding tert-OH is 3. The van der Waals surface area contributed by atoms with Gasteiger partial charge in [-0.2, -0.15) is 0 Å². The quantitative estimate of drug-likeness (QED) is 0.424. The molecule has 0 rings (SSSR count). The van der Waals surface area contributed by atoms with Crippen LogP contribution >= 0.6 is 0 Å². The Morgan fingerprint density at radius 2 is 1.62 bits per heavy atom. The third-order valence-electron chi connectivity index (χ3n) is 1.82. The van der Waals surface area contributed by atoms with Gasteiger partial charge < -0.3 is 24.8 Å². The SMILES string of the molecule is C=CC(=C)C.CCCCOCC(C)O.OCCOCCO. The topological polar surface area (TPSA) is 79.2 Å². The normalized spacial score (nSPS) is 10.6. The van der Waals surface area contributed by atoms with Gasteiger partial charge in [0.05, 0.1) is 39.1 Å². The number of hydrogen-bond donors (Lipinski definition) is 3. The highest BCUT2D eigenvalue weighted by molar-refractivity contribution is 5.05. The predicted molar refractivity (Wildman–Crippen MR) is 87.4 cm³/mol. The molecule has 0 aliphatic carbocycles. The first kappa shape index (κ1) is 25.2. The molecule has 1 atom stereocenters. The van der Waals surface area contributed by atoms with Crippen molar-refractivity contribution in [2.45, 2.75) is 39.7 Å². The molecule has 1 unspecified atom stereocenters. The maximum Gasteiger partial charge on any atom is 0.0745 e. The van der Waals surface area contributed by atoms with Crippen LogP contribution in [0.15, 0.2) is 24.8 Å². The summed E-state index contributed by atoms with van der Waals surface area (Å²) >= 11 is 0. The van der Waals surface area contributed by atoms with Crippen LogP contribution in [0.5, 0.6) is 0 Å². The Hall–Kier alpha value is -0.720. The Balaban J connectivity index is -0.000000242. The van der Waals surface area contributed by atoms with Gasteiger partial charge in [0.2, 0.25) is 0 Å². The lowest BCUT2D eigenvalue weighted by atomic mass is 10.4. The summed E-state index contributed by atoms with van der Waals surface area (Å²) < 4.78 is 9.72. The highest BCUT2D eigenvalue weighted by Crippen LogP contribution is 1.89. The molecule has 0 amide bonds. The lowest BCUT2D eigenvalue weighted by Crippen LogP contribution is -2.10. The van der Waals surface area contributed by atoms with Crippen LogP contribution in [-0.2, 0) is 9.47 Å². The fourth-order valence-corrected chi connectivity index (χ4v) is 0.731. The minimum absolute atomic E-state index is 0.0278. The van der Waals surface area contributed by atoms with Gasteiger partial charge in [-0.05, 0) is 20.3 Å². The van der Waals surface area contributed by atoms with Gasteiger partial charge in [-0.3, -0.25) is 0 Å².